The third-order valence-electron chi connectivity index (χ3n) is 1.40. The molecule has 0 fully saturated rings. The number of nitrogens with one attached hydrogen (secondary N) is 1. The Kier molecular flexibility index (Phi) is 5.93. The van der Waals surface area contributed by atoms with Crippen molar-refractivity contribution in [1.82, 2.24) is 5.32 Å². The molecule has 0 aliphatic rings. The number of benzene rings is 1. The van der Waals surface area contributed by atoms with Gasteiger partial charge in [-0.15, -0.1) is 12.4 Å². The zero-order valence-corrected chi connectivity index (χ0v) is 9.76. The lowest BCUT2D eigenvalue weighted by Crippen LogP contribution is -2.05. The van der Waals surface area contributed by atoms with Gasteiger partial charge in [0.25, 0.3) is 0 Å². The van der Waals surface area contributed by atoms with Crippen LogP contribution in [0.25, 0.3) is 0 Å². The Labute approximate surface area is 92.0 Å². The molecule has 0 aromatic heterocycles. The van der Waals surface area contributed by atoms with Gasteiger partial charge in [-0.1, -0.05) is 23.7 Å². The van der Waals surface area contributed by atoms with E-state index in [9.17, 15) is 0 Å². The van der Waals surface area contributed by atoms with Crippen molar-refractivity contribution in [2.24, 2.45) is 0 Å². The maximum absolute atomic E-state index is 5.99. The lowest BCUT2D eigenvalue weighted by atomic mass is 10.2. The second-order valence-electron chi connectivity index (χ2n) is 2.24. The highest BCUT2D eigenvalue weighted by atomic mass is 79.9. The topological polar surface area (TPSA) is 12.0 Å². The molecule has 1 aromatic carbocycles. The van der Waals surface area contributed by atoms with Crippen LogP contribution >= 0.6 is 39.9 Å². The molecule has 1 nitrogen and oxygen atoms in total. The number of hydrogen-bond donors (Lipinski definition) is 1. The Balaban J connectivity index is 0.00000121. The van der Waals surface area contributed by atoms with Crippen LogP contribution in [-0.4, -0.2) is 7.05 Å². The predicted molar refractivity (Wildman–Crippen MR) is 59.2 cm³/mol. The monoisotopic (exact) mass is 269 g/mol. The van der Waals surface area contributed by atoms with E-state index in [0.29, 0.717) is 0 Å². The van der Waals surface area contributed by atoms with Crippen LogP contribution in [0.2, 0.25) is 5.02 Å². The molecule has 0 saturated carbocycles. The maximum atomic E-state index is 5.99. The number of hydrogen-bond acceptors (Lipinski definition) is 1. The molecule has 0 saturated heterocycles. The summed E-state index contributed by atoms with van der Waals surface area (Å²) >= 11 is 9.34. The molecule has 1 rings (SSSR count). The normalized spacial score (nSPS) is 9.25. The summed E-state index contributed by atoms with van der Waals surface area (Å²) in [5.74, 6) is 0. The van der Waals surface area contributed by atoms with Crippen LogP contribution in [0.15, 0.2) is 22.7 Å². The lowest BCUT2D eigenvalue weighted by Gasteiger charge is -2.03. The standard InChI is InChI=1S/C8H9BrClN.ClH/c1-11-5-6-3-2-4-7(9)8(6)10;/h2-4,11H,5H2,1H3;1H. The average Bonchev–Trinajstić information content (AvgIpc) is 1.99. The zero-order valence-electron chi connectivity index (χ0n) is 6.60. The van der Waals surface area contributed by atoms with E-state index in [2.05, 4.69) is 21.2 Å². The van der Waals surface area contributed by atoms with E-state index in [4.69, 9.17) is 11.6 Å². The van der Waals surface area contributed by atoms with Crippen molar-refractivity contribution in [2.45, 2.75) is 6.54 Å². The van der Waals surface area contributed by atoms with Gasteiger partial charge in [-0.2, -0.15) is 0 Å². The Morgan fingerprint density at radius 2 is 2.17 bits per heavy atom. The molecule has 0 aliphatic heterocycles. The number of halogens is 3. The van der Waals surface area contributed by atoms with Crippen molar-refractivity contribution in [3.05, 3.63) is 33.3 Å². The molecule has 0 spiro atoms. The van der Waals surface area contributed by atoms with Gasteiger partial charge in [0.05, 0.1) is 5.02 Å². The molecule has 1 aromatic rings. The molecule has 68 valence electrons. The van der Waals surface area contributed by atoms with Crippen LogP contribution in [0.5, 0.6) is 0 Å². The second-order valence-corrected chi connectivity index (χ2v) is 3.48. The second kappa shape index (κ2) is 5.81. The van der Waals surface area contributed by atoms with Gasteiger partial charge >= 0.3 is 0 Å². The summed E-state index contributed by atoms with van der Waals surface area (Å²) in [6.07, 6.45) is 0. The summed E-state index contributed by atoms with van der Waals surface area (Å²) in [6, 6.07) is 5.91. The maximum Gasteiger partial charge on any atom is 0.0592 e. The first-order chi connectivity index (χ1) is 5.25. The van der Waals surface area contributed by atoms with Crippen LogP contribution in [-0.2, 0) is 6.54 Å². The fraction of sp³-hybridized carbons (Fsp3) is 0.250. The van der Waals surface area contributed by atoms with E-state index in [0.717, 1.165) is 21.6 Å². The first-order valence-corrected chi connectivity index (χ1v) is 4.50. The molecule has 0 atom stereocenters. The quantitative estimate of drug-likeness (QED) is 0.870. The van der Waals surface area contributed by atoms with Crippen LogP contribution < -0.4 is 5.32 Å². The van der Waals surface area contributed by atoms with Crippen molar-refractivity contribution < 1.29 is 0 Å². The van der Waals surface area contributed by atoms with Gasteiger partial charge in [0.1, 0.15) is 0 Å². The van der Waals surface area contributed by atoms with E-state index in [1.165, 1.54) is 0 Å². The summed E-state index contributed by atoms with van der Waals surface area (Å²) in [5, 5.41) is 3.84. The van der Waals surface area contributed by atoms with Crippen molar-refractivity contribution in [3.8, 4) is 0 Å². The largest absolute Gasteiger partial charge is 0.316 e. The molecule has 0 radical (unpaired) electrons. The summed E-state index contributed by atoms with van der Waals surface area (Å²) in [7, 11) is 1.90. The van der Waals surface area contributed by atoms with Gasteiger partial charge in [0, 0.05) is 11.0 Å². The minimum absolute atomic E-state index is 0. The van der Waals surface area contributed by atoms with Gasteiger partial charge in [0.2, 0.25) is 0 Å². The van der Waals surface area contributed by atoms with E-state index >= 15 is 0 Å². The van der Waals surface area contributed by atoms with Crippen LogP contribution in [0.4, 0.5) is 0 Å². The molecule has 0 aliphatic carbocycles. The van der Waals surface area contributed by atoms with Gasteiger partial charge < -0.3 is 5.32 Å². The molecule has 0 amide bonds. The van der Waals surface area contributed by atoms with Crippen molar-refractivity contribution in [1.29, 1.82) is 0 Å². The Bertz CT molecular complexity index is 253. The SMILES string of the molecule is CNCc1cccc(Br)c1Cl.Cl. The molecule has 4 heteroatoms. The van der Waals surface area contributed by atoms with Crippen molar-refractivity contribution in [2.75, 3.05) is 7.05 Å². The number of rotatable bonds is 2. The third-order valence-corrected chi connectivity index (χ3v) is 2.73. The lowest BCUT2D eigenvalue weighted by molar-refractivity contribution is 0.817. The van der Waals surface area contributed by atoms with Gasteiger partial charge in [0.15, 0.2) is 0 Å². The van der Waals surface area contributed by atoms with Crippen molar-refractivity contribution in [3.63, 3.8) is 0 Å². The molecule has 12 heavy (non-hydrogen) atoms. The van der Waals surface area contributed by atoms with Gasteiger partial charge in [-0.25, -0.2) is 0 Å². The summed E-state index contributed by atoms with van der Waals surface area (Å²) in [6.45, 7) is 0.804. The van der Waals surface area contributed by atoms with Crippen LogP contribution in [0.1, 0.15) is 5.56 Å². The molecule has 1 N–H and O–H groups in total. The Hall–Kier alpha value is 0.240. The van der Waals surface area contributed by atoms with Crippen molar-refractivity contribution >= 4 is 39.9 Å². The van der Waals surface area contributed by atoms with E-state index in [-0.39, 0.29) is 12.4 Å². The fourth-order valence-electron chi connectivity index (χ4n) is 0.875. The molecule has 0 bridgehead atoms. The molecular weight excluding hydrogens is 261 g/mol. The zero-order chi connectivity index (χ0) is 8.27. The highest BCUT2D eigenvalue weighted by Crippen LogP contribution is 2.25. The van der Waals surface area contributed by atoms with Crippen LogP contribution in [0, 0.1) is 0 Å². The highest BCUT2D eigenvalue weighted by Gasteiger charge is 2.01. The Morgan fingerprint density at radius 1 is 1.50 bits per heavy atom. The van der Waals surface area contributed by atoms with E-state index in [1.54, 1.807) is 0 Å². The minimum Gasteiger partial charge on any atom is -0.316 e. The molecule has 0 heterocycles. The first-order valence-electron chi connectivity index (χ1n) is 3.33. The Morgan fingerprint density at radius 3 is 2.75 bits per heavy atom. The summed E-state index contributed by atoms with van der Waals surface area (Å²) in [5.41, 5.74) is 1.11. The van der Waals surface area contributed by atoms with E-state index in [1.807, 2.05) is 25.2 Å². The highest BCUT2D eigenvalue weighted by molar-refractivity contribution is 9.10. The fourth-order valence-corrected chi connectivity index (χ4v) is 1.48. The van der Waals surface area contributed by atoms with E-state index < -0.39 is 0 Å². The molecular formula is C8H10BrCl2N. The smallest absolute Gasteiger partial charge is 0.0592 e. The summed E-state index contributed by atoms with van der Waals surface area (Å²) in [4.78, 5) is 0. The summed E-state index contributed by atoms with van der Waals surface area (Å²) < 4.78 is 0.951. The predicted octanol–water partition coefficient (Wildman–Crippen LogP) is 3.24. The van der Waals surface area contributed by atoms with Gasteiger partial charge in [-0.05, 0) is 34.6 Å². The van der Waals surface area contributed by atoms with Gasteiger partial charge in [-0.3, -0.25) is 0 Å². The van der Waals surface area contributed by atoms with Crippen LogP contribution in [0.3, 0.4) is 0 Å². The molecule has 0 unspecified atom stereocenters. The third kappa shape index (κ3) is 2.94. The minimum atomic E-state index is 0. The average molecular weight is 271 g/mol. The first kappa shape index (κ1) is 12.2.